The summed E-state index contributed by atoms with van der Waals surface area (Å²) in [6.07, 6.45) is 0.778. The number of carbonyl (C=O) groups is 1. The van der Waals surface area contributed by atoms with Crippen LogP contribution in [-0.2, 0) is 9.53 Å². The SMILES string of the molecule is CC1O[C@@](C)(O)C(Br)=CC1=O. The van der Waals surface area contributed by atoms with Crippen LogP contribution in [0.1, 0.15) is 13.8 Å². The highest BCUT2D eigenvalue weighted by atomic mass is 79.9. The van der Waals surface area contributed by atoms with Crippen molar-refractivity contribution in [2.75, 3.05) is 0 Å². The van der Waals surface area contributed by atoms with E-state index in [9.17, 15) is 9.90 Å². The van der Waals surface area contributed by atoms with Crippen molar-refractivity contribution >= 4 is 21.7 Å². The largest absolute Gasteiger partial charge is 0.362 e. The highest BCUT2D eigenvalue weighted by Gasteiger charge is 2.34. The van der Waals surface area contributed by atoms with E-state index in [2.05, 4.69) is 15.9 Å². The molecule has 0 radical (unpaired) electrons. The number of aliphatic hydroxyl groups is 1. The van der Waals surface area contributed by atoms with Gasteiger partial charge in [-0.3, -0.25) is 4.79 Å². The molecule has 1 unspecified atom stereocenters. The molecule has 0 saturated carbocycles. The van der Waals surface area contributed by atoms with E-state index >= 15 is 0 Å². The zero-order valence-electron chi connectivity index (χ0n) is 6.30. The van der Waals surface area contributed by atoms with Gasteiger partial charge in [0.2, 0.25) is 0 Å². The molecule has 0 amide bonds. The van der Waals surface area contributed by atoms with Crippen LogP contribution in [0.25, 0.3) is 0 Å². The molecule has 0 saturated heterocycles. The fourth-order valence-electron chi connectivity index (χ4n) is 0.835. The molecule has 0 aromatic carbocycles. The lowest BCUT2D eigenvalue weighted by Gasteiger charge is -2.30. The van der Waals surface area contributed by atoms with E-state index in [4.69, 9.17) is 4.74 Å². The molecular weight excluding hydrogens is 212 g/mol. The molecule has 2 atom stereocenters. The first kappa shape index (κ1) is 8.90. The second kappa shape index (κ2) is 2.69. The van der Waals surface area contributed by atoms with Crippen molar-refractivity contribution in [2.24, 2.45) is 0 Å². The van der Waals surface area contributed by atoms with E-state index in [-0.39, 0.29) is 5.78 Å². The Labute approximate surface area is 73.2 Å². The Morgan fingerprint density at radius 2 is 2.36 bits per heavy atom. The Bertz CT molecular complexity index is 220. The lowest BCUT2D eigenvalue weighted by molar-refractivity contribution is -0.190. The number of hydrogen-bond donors (Lipinski definition) is 1. The zero-order valence-corrected chi connectivity index (χ0v) is 7.88. The van der Waals surface area contributed by atoms with Crippen molar-refractivity contribution in [1.82, 2.24) is 0 Å². The molecule has 0 aromatic heterocycles. The van der Waals surface area contributed by atoms with Crippen molar-refractivity contribution < 1.29 is 14.6 Å². The average Bonchev–Trinajstić information content (AvgIpc) is 1.83. The summed E-state index contributed by atoms with van der Waals surface area (Å²) < 4.78 is 5.36. The summed E-state index contributed by atoms with van der Waals surface area (Å²) in [6, 6.07) is 0. The summed E-state index contributed by atoms with van der Waals surface area (Å²) in [4.78, 5) is 10.9. The van der Waals surface area contributed by atoms with E-state index in [1.807, 2.05) is 0 Å². The maximum atomic E-state index is 10.9. The van der Waals surface area contributed by atoms with E-state index in [1.165, 1.54) is 13.0 Å². The maximum Gasteiger partial charge on any atom is 0.196 e. The van der Waals surface area contributed by atoms with Crippen LogP contribution < -0.4 is 0 Å². The zero-order chi connectivity index (χ0) is 8.65. The lowest BCUT2D eigenvalue weighted by atomic mass is 10.1. The molecule has 3 nitrogen and oxygen atoms in total. The summed E-state index contributed by atoms with van der Waals surface area (Å²) in [5, 5.41) is 9.44. The summed E-state index contributed by atoms with van der Waals surface area (Å²) in [5.74, 6) is -1.49. The summed E-state index contributed by atoms with van der Waals surface area (Å²) >= 11 is 3.04. The molecular formula is C7H9BrO3. The molecule has 1 heterocycles. The smallest absolute Gasteiger partial charge is 0.196 e. The first-order valence-electron chi connectivity index (χ1n) is 3.25. The van der Waals surface area contributed by atoms with Crippen LogP contribution >= 0.6 is 15.9 Å². The van der Waals surface area contributed by atoms with Crippen molar-refractivity contribution in [3.8, 4) is 0 Å². The van der Waals surface area contributed by atoms with Gasteiger partial charge in [-0.25, -0.2) is 0 Å². The fraction of sp³-hybridized carbons (Fsp3) is 0.571. The van der Waals surface area contributed by atoms with Gasteiger partial charge < -0.3 is 9.84 Å². The monoisotopic (exact) mass is 220 g/mol. The van der Waals surface area contributed by atoms with Gasteiger partial charge in [-0.15, -0.1) is 0 Å². The Kier molecular flexibility index (Phi) is 2.18. The van der Waals surface area contributed by atoms with Crippen molar-refractivity contribution in [3.05, 3.63) is 10.6 Å². The van der Waals surface area contributed by atoms with Crippen LogP contribution in [0, 0.1) is 0 Å². The van der Waals surface area contributed by atoms with Crippen LogP contribution in [0.2, 0.25) is 0 Å². The van der Waals surface area contributed by atoms with Crippen molar-refractivity contribution in [1.29, 1.82) is 0 Å². The van der Waals surface area contributed by atoms with Gasteiger partial charge in [0.25, 0.3) is 0 Å². The molecule has 1 rings (SSSR count). The molecule has 0 aliphatic carbocycles. The molecule has 0 fully saturated rings. The minimum Gasteiger partial charge on any atom is -0.362 e. The second-order valence-corrected chi connectivity index (χ2v) is 3.49. The van der Waals surface area contributed by atoms with Crippen molar-refractivity contribution in [3.63, 3.8) is 0 Å². The Morgan fingerprint density at radius 3 is 2.82 bits per heavy atom. The number of ketones is 1. The minimum atomic E-state index is -1.35. The van der Waals surface area contributed by atoms with E-state index in [0.29, 0.717) is 4.48 Å². The number of hydrogen-bond acceptors (Lipinski definition) is 3. The van der Waals surface area contributed by atoms with E-state index in [1.54, 1.807) is 6.92 Å². The maximum absolute atomic E-state index is 10.9. The predicted molar refractivity (Wildman–Crippen MR) is 43.2 cm³/mol. The molecule has 11 heavy (non-hydrogen) atoms. The summed E-state index contributed by atoms with van der Waals surface area (Å²) in [6.45, 7) is 3.09. The molecule has 62 valence electrons. The third-order valence-electron chi connectivity index (χ3n) is 1.52. The minimum absolute atomic E-state index is 0.136. The Morgan fingerprint density at radius 1 is 1.82 bits per heavy atom. The second-order valence-electron chi connectivity index (χ2n) is 2.64. The topological polar surface area (TPSA) is 46.5 Å². The van der Waals surface area contributed by atoms with Crippen LogP contribution in [-0.4, -0.2) is 22.8 Å². The van der Waals surface area contributed by atoms with Crippen LogP contribution in [0.5, 0.6) is 0 Å². The molecule has 0 spiro atoms. The molecule has 1 N–H and O–H groups in total. The third kappa shape index (κ3) is 1.69. The average molecular weight is 221 g/mol. The summed E-state index contributed by atoms with van der Waals surface area (Å²) in [5.41, 5.74) is 0. The molecule has 4 heteroatoms. The lowest BCUT2D eigenvalue weighted by Crippen LogP contribution is -2.40. The normalized spacial score (nSPS) is 38.7. The number of ether oxygens (including phenoxy) is 1. The van der Waals surface area contributed by atoms with Gasteiger partial charge in [-0.2, -0.15) is 0 Å². The van der Waals surface area contributed by atoms with Gasteiger partial charge in [0.05, 0.1) is 4.48 Å². The first-order chi connectivity index (χ1) is 4.93. The fourth-order valence-corrected chi connectivity index (χ4v) is 1.15. The Balaban J connectivity index is 2.95. The summed E-state index contributed by atoms with van der Waals surface area (Å²) in [7, 11) is 0. The highest BCUT2D eigenvalue weighted by Crippen LogP contribution is 2.29. The quantitative estimate of drug-likeness (QED) is 0.662. The molecule has 0 bridgehead atoms. The van der Waals surface area contributed by atoms with Gasteiger partial charge in [0, 0.05) is 0 Å². The van der Waals surface area contributed by atoms with Crippen LogP contribution in [0.3, 0.4) is 0 Å². The number of rotatable bonds is 0. The van der Waals surface area contributed by atoms with E-state index < -0.39 is 11.9 Å². The third-order valence-corrected chi connectivity index (χ3v) is 2.48. The number of halogens is 1. The molecule has 1 aliphatic heterocycles. The highest BCUT2D eigenvalue weighted by molar-refractivity contribution is 9.11. The van der Waals surface area contributed by atoms with Gasteiger partial charge in [-0.05, 0) is 35.9 Å². The molecule has 0 aromatic rings. The first-order valence-corrected chi connectivity index (χ1v) is 4.04. The molecule has 1 aliphatic rings. The van der Waals surface area contributed by atoms with Crippen molar-refractivity contribution in [2.45, 2.75) is 25.7 Å². The van der Waals surface area contributed by atoms with E-state index in [0.717, 1.165) is 0 Å². The predicted octanol–water partition coefficient (Wildman–Crippen LogP) is 0.962. The Hall–Kier alpha value is -0.190. The van der Waals surface area contributed by atoms with Gasteiger partial charge in [-0.1, -0.05) is 0 Å². The van der Waals surface area contributed by atoms with Crippen LogP contribution in [0.4, 0.5) is 0 Å². The van der Waals surface area contributed by atoms with Gasteiger partial charge >= 0.3 is 0 Å². The standard InChI is InChI=1S/C7H9BrO3/c1-4-5(9)3-6(8)7(2,10)11-4/h3-4,10H,1-2H3/t4?,7-/m1/s1. The number of carbonyl (C=O) groups excluding carboxylic acids is 1. The van der Waals surface area contributed by atoms with Gasteiger partial charge in [0.15, 0.2) is 11.6 Å². The van der Waals surface area contributed by atoms with Crippen LogP contribution in [0.15, 0.2) is 10.6 Å². The van der Waals surface area contributed by atoms with Gasteiger partial charge in [0.1, 0.15) is 6.10 Å².